The first kappa shape index (κ1) is 17.7. The molecule has 0 unspecified atom stereocenters. The van der Waals surface area contributed by atoms with Crippen molar-refractivity contribution in [2.75, 3.05) is 6.61 Å². The molecule has 1 aliphatic heterocycles. The number of halogens is 2. The maximum Gasteiger partial charge on any atom is 0.132 e. The molecule has 3 atom stereocenters. The molecular weight excluding hydrogens is 323 g/mol. The SMILES string of the molecule is CC(=O)C[C@@H]1CC[C@H]([C@@H](C)COCc2c(Cl)cccc2Cl)O1. The van der Waals surface area contributed by atoms with Gasteiger partial charge in [0.05, 0.1) is 25.4 Å². The van der Waals surface area contributed by atoms with Gasteiger partial charge in [-0.05, 0) is 31.9 Å². The van der Waals surface area contributed by atoms with Gasteiger partial charge in [0.2, 0.25) is 0 Å². The number of hydrogen-bond acceptors (Lipinski definition) is 3. The van der Waals surface area contributed by atoms with E-state index in [-0.39, 0.29) is 23.9 Å². The lowest BCUT2D eigenvalue weighted by Gasteiger charge is -2.20. The lowest BCUT2D eigenvalue weighted by molar-refractivity contribution is -0.120. The van der Waals surface area contributed by atoms with Crippen molar-refractivity contribution in [2.24, 2.45) is 5.92 Å². The van der Waals surface area contributed by atoms with Crippen molar-refractivity contribution in [1.29, 1.82) is 0 Å². The van der Waals surface area contributed by atoms with Crippen molar-refractivity contribution >= 4 is 29.0 Å². The summed E-state index contributed by atoms with van der Waals surface area (Å²) in [5.41, 5.74) is 0.819. The number of carbonyl (C=O) groups excluding carboxylic acids is 1. The third-order valence-corrected chi connectivity index (χ3v) is 4.69. The van der Waals surface area contributed by atoms with Gasteiger partial charge in [-0.1, -0.05) is 36.2 Å². The number of Topliss-reactive ketones (excluding diaryl/α,β-unsaturated/α-hetero) is 1. The molecule has 0 N–H and O–H groups in total. The van der Waals surface area contributed by atoms with Crippen LogP contribution in [0.3, 0.4) is 0 Å². The van der Waals surface area contributed by atoms with E-state index in [0.717, 1.165) is 18.4 Å². The monoisotopic (exact) mass is 344 g/mol. The maximum atomic E-state index is 11.1. The molecule has 1 fully saturated rings. The molecule has 1 aromatic carbocycles. The van der Waals surface area contributed by atoms with E-state index < -0.39 is 0 Å². The first-order valence-corrected chi connectivity index (χ1v) is 8.38. The summed E-state index contributed by atoms with van der Waals surface area (Å²) in [4.78, 5) is 11.1. The van der Waals surface area contributed by atoms with Crippen molar-refractivity contribution < 1.29 is 14.3 Å². The fourth-order valence-electron chi connectivity index (χ4n) is 2.75. The van der Waals surface area contributed by atoms with Gasteiger partial charge in [-0.15, -0.1) is 0 Å². The van der Waals surface area contributed by atoms with E-state index in [1.165, 1.54) is 0 Å². The second-order valence-electron chi connectivity index (χ2n) is 5.97. The smallest absolute Gasteiger partial charge is 0.132 e. The zero-order valence-corrected chi connectivity index (χ0v) is 14.5. The molecule has 1 saturated heterocycles. The van der Waals surface area contributed by atoms with Crippen molar-refractivity contribution in [2.45, 2.75) is 51.9 Å². The molecule has 5 heteroatoms. The van der Waals surface area contributed by atoms with E-state index >= 15 is 0 Å². The Labute approximate surface area is 141 Å². The molecule has 122 valence electrons. The van der Waals surface area contributed by atoms with E-state index in [1.54, 1.807) is 6.92 Å². The Bertz CT molecular complexity index is 498. The van der Waals surface area contributed by atoms with Gasteiger partial charge < -0.3 is 9.47 Å². The summed E-state index contributed by atoms with van der Waals surface area (Å²) in [5.74, 6) is 0.459. The molecule has 0 aliphatic carbocycles. The van der Waals surface area contributed by atoms with Gasteiger partial charge in [0.25, 0.3) is 0 Å². The number of ether oxygens (including phenoxy) is 2. The average Bonchev–Trinajstić information content (AvgIpc) is 2.89. The third-order valence-electron chi connectivity index (χ3n) is 3.98. The molecule has 1 heterocycles. The average molecular weight is 345 g/mol. The van der Waals surface area contributed by atoms with E-state index in [1.807, 2.05) is 18.2 Å². The van der Waals surface area contributed by atoms with Gasteiger partial charge >= 0.3 is 0 Å². The van der Waals surface area contributed by atoms with E-state index in [2.05, 4.69) is 6.92 Å². The highest BCUT2D eigenvalue weighted by Crippen LogP contribution is 2.29. The van der Waals surface area contributed by atoms with Crippen LogP contribution in [0.5, 0.6) is 0 Å². The zero-order chi connectivity index (χ0) is 16.1. The normalized spacial score (nSPS) is 22.7. The molecule has 0 amide bonds. The Hall–Kier alpha value is -0.610. The molecule has 0 radical (unpaired) electrons. The summed E-state index contributed by atoms with van der Waals surface area (Å²) in [6.45, 7) is 4.69. The molecule has 3 nitrogen and oxygen atoms in total. The van der Waals surface area contributed by atoms with Crippen molar-refractivity contribution in [3.05, 3.63) is 33.8 Å². The summed E-state index contributed by atoms with van der Waals surface area (Å²) >= 11 is 12.2. The van der Waals surface area contributed by atoms with Crippen molar-refractivity contribution in [1.82, 2.24) is 0 Å². The van der Waals surface area contributed by atoms with Crippen LogP contribution in [0.25, 0.3) is 0 Å². The van der Waals surface area contributed by atoms with Crippen LogP contribution in [-0.2, 0) is 20.9 Å². The minimum atomic E-state index is 0.0722. The van der Waals surface area contributed by atoms with E-state index in [9.17, 15) is 4.79 Å². The molecule has 1 aliphatic rings. The molecule has 0 bridgehead atoms. The van der Waals surface area contributed by atoms with Gasteiger partial charge in [-0.2, -0.15) is 0 Å². The lowest BCUT2D eigenvalue weighted by atomic mass is 10.0. The highest BCUT2D eigenvalue weighted by molar-refractivity contribution is 6.35. The molecule has 0 spiro atoms. The summed E-state index contributed by atoms with van der Waals surface area (Å²) in [6, 6.07) is 5.43. The number of ketones is 1. The quantitative estimate of drug-likeness (QED) is 0.720. The Morgan fingerprint density at radius 1 is 1.36 bits per heavy atom. The van der Waals surface area contributed by atoms with E-state index in [4.69, 9.17) is 32.7 Å². The lowest BCUT2D eigenvalue weighted by Crippen LogP contribution is -2.23. The Balaban J connectivity index is 1.77. The van der Waals surface area contributed by atoms with Gasteiger partial charge in [0, 0.05) is 27.9 Å². The van der Waals surface area contributed by atoms with Crippen LogP contribution >= 0.6 is 23.2 Å². The third kappa shape index (κ3) is 4.95. The predicted molar refractivity (Wildman–Crippen MR) is 88.5 cm³/mol. The van der Waals surface area contributed by atoms with Gasteiger partial charge in [0.1, 0.15) is 5.78 Å². The van der Waals surface area contributed by atoms with Crippen molar-refractivity contribution in [3.8, 4) is 0 Å². The van der Waals surface area contributed by atoms with Gasteiger partial charge in [-0.3, -0.25) is 4.79 Å². The fraction of sp³-hybridized carbons (Fsp3) is 0.588. The molecule has 1 aromatic rings. The Morgan fingerprint density at radius 3 is 2.68 bits per heavy atom. The second kappa shape index (κ2) is 8.30. The van der Waals surface area contributed by atoms with Crippen LogP contribution in [0.2, 0.25) is 10.0 Å². The van der Waals surface area contributed by atoms with E-state index in [0.29, 0.717) is 29.7 Å². The number of hydrogen-bond donors (Lipinski definition) is 0. The first-order valence-electron chi connectivity index (χ1n) is 7.63. The second-order valence-corrected chi connectivity index (χ2v) is 6.79. The summed E-state index contributed by atoms with van der Waals surface area (Å²) in [5, 5.41) is 1.25. The Kier molecular flexibility index (Phi) is 6.69. The highest BCUT2D eigenvalue weighted by Gasteiger charge is 2.30. The minimum absolute atomic E-state index is 0.0722. The van der Waals surface area contributed by atoms with Crippen LogP contribution in [0.15, 0.2) is 18.2 Å². The summed E-state index contributed by atoms with van der Waals surface area (Å²) < 4.78 is 11.7. The largest absolute Gasteiger partial charge is 0.376 e. The summed E-state index contributed by atoms with van der Waals surface area (Å²) in [7, 11) is 0. The minimum Gasteiger partial charge on any atom is -0.376 e. The van der Waals surface area contributed by atoms with Gasteiger partial charge in [-0.25, -0.2) is 0 Å². The molecule has 2 rings (SSSR count). The standard InChI is InChI=1S/C17H22Cl2O3/c1-11(17-7-6-13(22-17)8-12(2)20)9-21-10-14-15(18)4-3-5-16(14)19/h3-5,11,13,17H,6-10H2,1-2H3/t11-,13-,17+/m0/s1. The van der Waals surface area contributed by atoms with Gasteiger partial charge in [0.15, 0.2) is 0 Å². The highest BCUT2D eigenvalue weighted by atomic mass is 35.5. The zero-order valence-electron chi connectivity index (χ0n) is 13.0. The predicted octanol–water partition coefficient (Wildman–Crippen LogP) is 4.67. The molecule has 0 saturated carbocycles. The van der Waals surface area contributed by atoms with Crippen LogP contribution in [0.1, 0.15) is 38.7 Å². The summed E-state index contributed by atoms with van der Waals surface area (Å²) in [6.07, 6.45) is 2.67. The number of benzene rings is 1. The van der Waals surface area contributed by atoms with Crippen molar-refractivity contribution in [3.63, 3.8) is 0 Å². The molecule has 0 aromatic heterocycles. The fourth-order valence-corrected chi connectivity index (χ4v) is 3.25. The number of rotatable bonds is 7. The van der Waals surface area contributed by atoms with Crippen LogP contribution in [-0.4, -0.2) is 24.6 Å². The van der Waals surface area contributed by atoms with Crippen LogP contribution < -0.4 is 0 Å². The van der Waals surface area contributed by atoms with Crippen LogP contribution in [0.4, 0.5) is 0 Å². The van der Waals surface area contributed by atoms with Crippen LogP contribution in [0, 0.1) is 5.92 Å². The Morgan fingerprint density at radius 2 is 2.05 bits per heavy atom. The molecular formula is C17H22Cl2O3. The first-order chi connectivity index (χ1) is 10.5. The number of carbonyl (C=O) groups is 1. The topological polar surface area (TPSA) is 35.5 Å². The maximum absolute atomic E-state index is 11.1. The molecule has 22 heavy (non-hydrogen) atoms.